The van der Waals surface area contributed by atoms with E-state index < -0.39 is 11.0 Å². The van der Waals surface area contributed by atoms with E-state index in [1.165, 1.54) is 5.57 Å². The zero-order valence-electron chi connectivity index (χ0n) is 18.5. The molecule has 4 aliphatic carbocycles. The highest BCUT2D eigenvalue weighted by atomic mass is 16.5. The van der Waals surface area contributed by atoms with Crippen molar-refractivity contribution in [2.45, 2.75) is 92.0 Å². The Morgan fingerprint density at radius 3 is 2.32 bits per heavy atom. The van der Waals surface area contributed by atoms with E-state index in [0.29, 0.717) is 24.0 Å². The number of hydrogen-bond acceptors (Lipinski definition) is 4. The summed E-state index contributed by atoms with van der Waals surface area (Å²) in [6.07, 6.45) is 5.40. The van der Waals surface area contributed by atoms with Crippen LogP contribution in [0.5, 0.6) is 0 Å². The summed E-state index contributed by atoms with van der Waals surface area (Å²) >= 11 is 0. The number of hydrogen-bond donors (Lipinski definition) is 1. The molecule has 4 heteroatoms. The summed E-state index contributed by atoms with van der Waals surface area (Å²) in [7, 11) is 0. The number of carbonyl (C=O) groups excluding carboxylic acids is 1. The van der Waals surface area contributed by atoms with Crippen molar-refractivity contribution < 1.29 is 19.4 Å². The first kappa shape index (κ1) is 20.0. The fourth-order valence-electron chi connectivity index (χ4n) is 7.15. The Bertz CT molecular complexity index is 761. The Labute approximate surface area is 169 Å². The molecule has 0 aromatic carbocycles. The highest BCUT2D eigenvalue weighted by Crippen LogP contribution is 2.76. The normalized spacial score (nSPS) is 41.8. The van der Waals surface area contributed by atoms with Gasteiger partial charge in [-0.05, 0) is 76.5 Å². The lowest BCUT2D eigenvalue weighted by Crippen LogP contribution is -2.49. The lowest BCUT2D eigenvalue weighted by molar-refractivity contribution is -0.134. The molecule has 0 amide bonds. The van der Waals surface area contributed by atoms with Gasteiger partial charge in [-0.2, -0.15) is 0 Å². The average molecular weight is 389 g/mol. The van der Waals surface area contributed by atoms with Crippen LogP contribution in [0.15, 0.2) is 23.2 Å². The van der Waals surface area contributed by atoms with Gasteiger partial charge in [-0.15, -0.1) is 0 Å². The fourth-order valence-corrected chi connectivity index (χ4v) is 7.15. The van der Waals surface area contributed by atoms with E-state index in [2.05, 4.69) is 26.8 Å². The Morgan fingerprint density at radius 1 is 1.11 bits per heavy atom. The largest absolute Gasteiger partial charge is 0.488 e. The second-order valence-corrected chi connectivity index (χ2v) is 10.6. The number of allylic oxidation sites excluding steroid dienone is 2. The van der Waals surface area contributed by atoms with Crippen LogP contribution in [0.4, 0.5) is 0 Å². The second kappa shape index (κ2) is 6.10. The van der Waals surface area contributed by atoms with Crippen molar-refractivity contribution in [3.63, 3.8) is 0 Å². The molecule has 0 aliphatic heterocycles. The first-order chi connectivity index (χ1) is 13.0. The molecule has 4 rings (SSSR count). The molecule has 4 nitrogen and oxygen atoms in total. The molecule has 0 radical (unpaired) electrons. The summed E-state index contributed by atoms with van der Waals surface area (Å²) in [6.45, 7) is 14.6. The Kier molecular flexibility index (Phi) is 4.36. The lowest BCUT2D eigenvalue weighted by atomic mass is 9.64. The summed E-state index contributed by atoms with van der Waals surface area (Å²) in [6, 6.07) is 0. The van der Waals surface area contributed by atoms with Crippen molar-refractivity contribution in [2.24, 2.45) is 28.6 Å². The lowest BCUT2D eigenvalue weighted by Gasteiger charge is -2.40. The molecular weight excluding hydrogens is 352 g/mol. The third-order valence-electron chi connectivity index (χ3n) is 7.88. The van der Waals surface area contributed by atoms with Crippen molar-refractivity contribution in [3.05, 3.63) is 23.2 Å². The molecule has 5 atom stereocenters. The monoisotopic (exact) mass is 388 g/mol. The van der Waals surface area contributed by atoms with Crippen LogP contribution in [0.25, 0.3) is 0 Å². The Balaban J connectivity index is 1.88. The van der Waals surface area contributed by atoms with E-state index in [9.17, 15) is 9.90 Å². The third kappa shape index (κ3) is 2.19. The van der Waals surface area contributed by atoms with Crippen LogP contribution >= 0.6 is 0 Å². The van der Waals surface area contributed by atoms with Crippen molar-refractivity contribution in [1.82, 2.24) is 0 Å². The molecule has 0 heterocycles. The number of ketones is 1. The maximum Gasteiger partial charge on any atom is 0.214 e. The van der Waals surface area contributed by atoms with Gasteiger partial charge in [0.2, 0.25) is 11.5 Å². The van der Waals surface area contributed by atoms with Crippen LogP contribution in [0.3, 0.4) is 0 Å². The molecule has 156 valence electrons. The fraction of sp³-hybridized carbons (Fsp3) is 0.792. The van der Waals surface area contributed by atoms with Gasteiger partial charge in [-0.25, -0.2) is 0 Å². The maximum absolute atomic E-state index is 14.0. The number of Topliss-reactive ketones (excluding diaryl/α,β-unsaturated/α-hetero) is 1. The predicted molar refractivity (Wildman–Crippen MR) is 108 cm³/mol. The molecular formula is C24H36O4. The maximum atomic E-state index is 14.0. The van der Waals surface area contributed by atoms with Crippen LogP contribution in [-0.4, -0.2) is 28.7 Å². The first-order valence-corrected chi connectivity index (χ1v) is 11.1. The van der Waals surface area contributed by atoms with Crippen LogP contribution in [0.2, 0.25) is 0 Å². The predicted octanol–water partition coefficient (Wildman–Crippen LogP) is 4.77. The molecule has 2 saturated carbocycles. The minimum Gasteiger partial charge on any atom is -0.488 e. The smallest absolute Gasteiger partial charge is 0.214 e. The SMILES string of the molecule is CC(C)OC1=C(OC(C)C)[C@@]2(O)CC[C@@H]3C[C@]4(C)C(=CC[C@H]4C(C)C)[C@@]32C1=O. The van der Waals surface area contributed by atoms with Gasteiger partial charge in [0.1, 0.15) is 5.60 Å². The highest BCUT2D eigenvalue weighted by Gasteiger charge is 2.79. The van der Waals surface area contributed by atoms with Crippen LogP contribution in [-0.2, 0) is 14.3 Å². The standard InChI is InChI=1S/C24H36O4/c1-13(2)17-8-9-18-22(17,7)12-16-10-11-23(26)21(28-15(5)6)19(27-14(3)4)20(25)24(16,18)23/h9,13-17,26H,8,10-12H2,1-7H3/t16-,17+,22+,23+,24-/m1/s1. The number of rotatable bonds is 5. The van der Waals surface area contributed by atoms with E-state index in [-0.39, 0.29) is 35.1 Å². The summed E-state index contributed by atoms with van der Waals surface area (Å²) in [4.78, 5) is 14.0. The molecule has 0 saturated heterocycles. The Hall–Kier alpha value is -1.29. The zero-order chi connectivity index (χ0) is 20.6. The van der Waals surface area contributed by atoms with Gasteiger partial charge < -0.3 is 14.6 Å². The van der Waals surface area contributed by atoms with Gasteiger partial charge in [0, 0.05) is 0 Å². The van der Waals surface area contributed by atoms with Crippen molar-refractivity contribution in [1.29, 1.82) is 0 Å². The summed E-state index contributed by atoms with van der Waals surface area (Å²) in [5, 5.41) is 12.1. The summed E-state index contributed by atoms with van der Waals surface area (Å²) < 4.78 is 12.1. The third-order valence-corrected chi connectivity index (χ3v) is 7.88. The molecule has 1 N–H and O–H groups in total. The van der Waals surface area contributed by atoms with E-state index in [1.807, 2.05) is 27.7 Å². The number of carbonyl (C=O) groups is 1. The van der Waals surface area contributed by atoms with E-state index in [1.54, 1.807) is 0 Å². The van der Waals surface area contributed by atoms with Crippen LogP contribution in [0, 0.1) is 28.6 Å². The van der Waals surface area contributed by atoms with Crippen molar-refractivity contribution in [2.75, 3.05) is 0 Å². The van der Waals surface area contributed by atoms with E-state index >= 15 is 0 Å². The van der Waals surface area contributed by atoms with Crippen molar-refractivity contribution in [3.8, 4) is 0 Å². The summed E-state index contributed by atoms with van der Waals surface area (Å²) in [5.74, 6) is 1.84. The van der Waals surface area contributed by atoms with Gasteiger partial charge in [-0.1, -0.05) is 32.4 Å². The van der Waals surface area contributed by atoms with Gasteiger partial charge in [-0.3, -0.25) is 4.79 Å². The minimum atomic E-state index is -1.28. The molecule has 0 bridgehead atoms. The second-order valence-electron chi connectivity index (χ2n) is 10.6. The molecule has 0 unspecified atom stereocenters. The Morgan fingerprint density at radius 2 is 1.75 bits per heavy atom. The highest BCUT2D eigenvalue weighted by molar-refractivity contribution is 6.07. The van der Waals surface area contributed by atoms with E-state index in [4.69, 9.17) is 9.47 Å². The van der Waals surface area contributed by atoms with Crippen molar-refractivity contribution >= 4 is 5.78 Å². The van der Waals surface area contributed by atoms with Gasteiger partial charge in [0.05, 0.1) is 17.6 Å². The molecule has 4 aliphatic rings. The topological polar surface area (TPSA) is 55.8 Å². The molecule has 0 aromatic rings. The van der Waals surface area contributed by atoms with Gasteiger partial charge in [0.15, 0.2) is 5.76 Å². The van der Waals surface area contributed by atoms with Crippen LogP contribution < -0.4 is 0 Å². The first-order valence-electron chi connectivity index (χ1n) is 11.1. The zero-order valence-corrected chi connectivity index (χ0v) is 18.5. The average Bonchev–Trinajstić information content (AvgIpc) is 3.17. The number of fused-ring (bicyclic) bond motifs is 1. The van der Waals surface area contributed by atoms with Gasteiger partial charge in [0.25, 0.3) is 0 Å². The minimum absolute atomic E-state index is 0.0287. The molecule has 0 aromatic heterocycles. The quantitative estimate of drug-likeness (QED) is 0.689. The molecule has 28 heavy (non-hydrogen) atoms. The molecule has 2 fully saturated rings. The summed E-state index contributed by atoms with van der Waals surface area (Å²) in [5.41, 5.74) is -1.03. The van der Waals surface area contributed by atoms with E-state index in [0.717, 1.165) is 19.3 Å². The number of ether oxygens (including phenoxy) is 2. The van der Waals surface area contributed by atoms with Gasteiger partial charge >= 0.3 is 0 Å². The number of aliphatic hydroxyl groups is 1. The molecule has 1 spiro atoms. The van der Waals surface area contributed by atoms with Crippen LogP contribution in [0.1, 0.15) is 74.1 Å².